The molecule has 1 fully saturated rings. The van der Waals surface area contributed by atoms with E-state index < -0.39 is 0 Å². The van der Waals surface area contributed by atoms with E-state index in [-0.39, 0.29) is 0 Å². The summed E-state index contributed by atoms with van der Waals surface area (Å²) in [5.74, 6) is 0.868. The molecule has 0 N–H and O–H groups in total. The molecule has 0 radical (unpaired) electrons. The van der Waals surface area contributed by atoms with Crippen LogP contribution in [0.5, 0.6) is 0 Å². The largest absolute Gasteiger partial charge is 0.0622 e. The van der Waals surface area contributed by atoms with Gasteiger partial charge < -0.3 is 0 Å². The van der Waals surface area contributed by atoms with E-state index in [2.05, 4.69) is 54.6 Å². The molecule has 2 unspecified atom stereocenters. The molecule has 1 saturated carbocycles. The van der Waals surface area contributed by atoms with Gasteiger partial charge in [0, 0.05) is 5.41 Å². The van der Waals surface area contributed by atoms with E-state index in [1.54, 1.807) is 11.1 Å². The maximum absolute atomic E-state index is 2.33. The van der Waals surface area contributed by atoms with Crippen LogP contribution in [0.4, 0.5) is 0 Å². The van der Waals surface area contributed by atoms with Gasteiger partial charge in [-0.25, -0.2) is 0 Å². The van der Waals surface area contributed by atoms with Crippen LogP contribution in [0.1, 0.15) is 23.1 Å². The highest BCUT2D eigenvalue weighted by Crippen LogP contribution is 2.65. The third-order valence-electron chi connectivity index (χ3n) is 4.36. The van der Waals surface area contributed by atoms with Crippen LogP contribution >= 0.6 is 0 Å². The summed E-state index contributed by atoms with van der Waals surface area (Å²) in [6.45, 7) is 0. The first-order valence-electron chi connectivity index (χ1n) is 6.05. The predicted molar refractivity (Wildman–Crippen MR) is 65.5 cm³/mol. The van der Waals surface area contributed by atoms with Crippen molar-refractivity contribution in [2.24, 2.45) is 5.92 Å². The highest BCUT2D eigenvalue weighted by molar-refractivity contribution is 5.55. The molecule has 78 valence electrons. The molecular formula is C16H14. The lowest BCUT2D eigenvalue weighted by Gasteiger charge is -2.15. The van der Waals surface area contributed by atoms with Crippen molar-refractivity contribution >= 4 is 0 Å². The summed E-state index contributed by atoms with van der Waals surface area (Å²) in [6.07, 6.45) is 2.64. The standard InChI is InChI=1S/C16H14/c1-2-7-13(8-3-1)16-11-14(16)10-12-6-4-5-9-15(12)16/h1-9,14H,10-11H2. The zero-order chi connectivity index (χ0) is 10.6. The van der Waals surface area contributed by atoms with Gasteiger partial charge in [0.15, 0.2) is 0 Å². The molecule has 16 heavy (non-hydrogen) atoms. The lowest BCUT2D eigenvalue weighted by Crippen LogP contribution is -2.08. The average Bonchev–Trinajstić information content (AvgIpc) is 2.99. The van der Waals surface area contributed by atoms with Crippen molar-refractivity contribution in [3.8, 4) is 0 Å². The van der Waals surface area contributed by atoms with Gasteiger partial charge in [0.2, 0.25) is 0 Å². The number of rotatable bonds is 1. The fraction of sp³-hybridized carbons (Fsp3) is 0.250. The van der Waals surface area contributed by atoms with E-state index in [1.807, 2.05) is 0 Å². The number of benzene rings is 2. The fourth-order valence-corrected chi connectivity index (χ4v) is 3.55. The van der Waals surface area contributed by atoms with Gasteiger partial charge in [-0.3, -0.25) is 0 Å². The second-order valence-corrected chi connectivity index (χ2v) is 5.10. The van der Waals surface area contributed by atoms with Crippen molar-refractivity contribution in [2.45, 2.75) is 18.3 Å². The van der Waals surface area contributed by atoms with Crippen LogP contribution in [0.3, 0.4) is 0 Å². The van der Waals surface area contributed by atoms with Crippen molar-refractivity contribution in [3.05, 3.63) is 71.3 Å². The Kier molecular flexibility index (Phi) is 1.48. The summed E-state index contributed by atoms with van der Waals surface area (Å²) in [7, 11) is 0. The van der Waals surface area contributed by atoms with Crippen LogP contribution in [0, 0.1) is 5.92 Å². The second-order valence-electron chi connectivity index (χ2n) is 5.10. The SMILES string of the molecule is c1ccc(C23CC2Cc2ccccc23)cc1. The third kappa shape index (κ3) is 0.904. The molecular weight excluding hydrogens is 192 g/mol. The van der Waals surface area contributed by atoms with Crippen molar-refractivity contribution in [1.29, 1.82) is 0 Å². The Morgan fingerprint density at radius 2 is 1.62 bits per heavy atom. The summed E-state index contributed by atoms with van der Waals surface area (Å²) in [4.78, 5) is 0. The first-order chi connectivity index (χ1) is 7.91. The van der Waals surface area contributed by atoms with Crippen LogP contribution in [0.25, 0.3) is 0 Å². The van der Waals surface area contributed by atoms with Crippen molar-refractivity contribution in [3.63, 3.8) is 0 Å². The molecule has 0 aliphatic heterocycles. The molecule has 0 amide bonds. The van der Waals surface area contributed by atoms with Crippen molar-refractivity contribution in [1.82, 2.24) is 0 Å². The molecule has 2 atom stereocenters. The molecule has 2 aromatic rings. The normalized spacial score (nSPS) is 29.6. The highest BCUT2D eigenvalue weighted by atomic mass is 14.6. The first kappa shape index (κ1) is 8.58. The van der Waals surface area contributed by atoms with E-state index in [1.165, 1.54) is 18.4 Å². The Labute approximate surface area is 95.9 Å². The van der Waals surface area contributed by atoms with Gasteiger partial charge in [-0.2, -0.15) is 0 Å². The van der Waals surface area contributed by atoms with Crippen LogP contribution < -0.4 is 0 Å². The maximum Gasteiger partial charge on any atom is 0.0240 e. The molecule has 0 heterocycles. The molecule has 2 aliphatic carbocycles. The molecule has 0 bridgehead atoms. The van der Waals surface area contributed by atoms with Crippen molar-refractivity contribution in [2.75, 3.05) is 0 Å². The second kappa shape index (κ2) is 2.76. The minimum Gasteiger partial charge on any atom is -0.0622 e. The third-order valence-corrected chi connectivity index (χ3v) is 4.36. The van der Waals surface area contributed by atoms with E-state index in [4.69, 9.17) is 0 Å². The summed E-state index contributed by atoms with van der Waals surface area (Å²) in [5.41, 5.74) is 5.07. The van der Waals surface area contributed by atoms with Gasteiger partial charge in [0.05, 0.1) is 0 Å². The van der Waals surface area contributed by atoms with E-state index in [0.717, 1.165) is 5.92 Å². The average molecular weight is 206 g/mol. The number of fused-ring (bicyclic) bond motifs is 3. The summed E-state index contributed by atoms with van der Waals surface area (Å²) in [6, 6.07) is 20.0. The van der Waals surface area contributed by atoms with E-state index in [0.29, 0.717) is 5.41 Å². The van der Waals surface area contributed by atoms with Gasteiger partial charge in [-0.05, 0) is 35.4 Å². The van der Waals surface area contributed by atoms with Gasteiger partial charge in [-0.1, -0.05) is 54.6 Å². The topological polar surface area (TPSA) is 0 Å². The van der Waals surface area contributed by atoms with Crippen LogP contribution in [0.2, 0.25) is 0 Å². The zero-order valence-corrected chi connectivity index (χ0v) is 9.19. The maximum atomic E-state index is 2.33. The van der Waals surface area contributed by atoms with Crippen molar-refractivity contribution < 1.29 is 0 Å². The Hall–Kier alpha value is -1.56. The zero-order valence-electron chi connectivity index (χ0n) is 9.19. The summed E-state index contributed by atoms with van der Waals surface area (Å²) < 4.78 is 0. The van der Waals surface area contributed by atoms with Crippen LogP contribution in [0.15, 0.2) is 54.6 Å². The molecule has 0 saturated heterocycles. The minimum absolute atomic E-state index is 0.387. The van der Waals surface area contributed by atoms with Gasteiger partial charge >= 0.3 is 0 Å². The Balaban J connectivity index is 1.92. The number of hydrogen-bond donors (Lipinski definition) is 0. The first-order valence-corrected chi connectivity index (χ1v) is 6.05. The molecule has 0 nitrogen and oxygen atoms in total. The lowest BCUT2D eigenvalue weighted by molar-refractivity contribution is 0.762. The fourth-order valence-electron chi connectivity index (χ4n) is 3.55. The quantitative estimate of drug-likeness (QED) is 0.669. The molecule has 2 aliphatic rings. The Morgan fingerprint density at radius 3 is 2.50 bits per heavy atom. The monoisotopic (exact) mass is 206 g/mol. The molecule has 4 rings (SSSR count). The van der Waals surface area contributed by atoms with Crippen LogP contribution in [-0.2, 0) is 11.8 Å². The van der Waals surface area contributed by atoms with Gasteiger partial charge in [0.25, 0.3) is 0 Å². The smallest absolute Gasteiger partial charge is 0.0240 e. The number of hydrogen-bond acceptors (Lipinski definition) is 0. The Morgan fingerprint density at radius 1 is 0.875 bits per heavy atom. The predicted octanol–water partition coefficient (Wildman–Crippen LogP) is 3.55. The van der Waals surface area contributed by atoms with E-state index >= 15 is 0 Å². The molecule has 0 spiro atoms. The van der Waals surface area contributed by atoms with Gasteiger partial charge in [-0.15, -0.1) is 0 Å². The Bertz CT molecular complexity index is 541. The highest BCUT2D eigenvalue weighted by Gasteiger charge is 2.60. The summed E-state index contributed by atoms with van der Waals surface area (Å²) >= 11 is 0. The van der Waals surface area contributed by atoms with Crippen LogP contribution in [-0.4, -0.2) is 0 Å². The van der Waals surface area contributed by atoms with Gasteiger partial charge in [0.1, 0.15) is 0 Å². The molecule has 0 heteroatoms. The lowest BCUT2D eigenvalue weighted by atomic mass is 9.88. The molecule has 2 aromatic carbocycles. The molecule has 0 aromatic heterocycles. The minimum atomic E-state index is 0.387. The van der Waals surface area contributed by atoms with E-state index in [9.17, 15) is 0 Å². The summed E-state index contributed by atoms with van der Waals surface area (Å²) in [5, 5.41) is 0.